The lowest BCUT2D eigenvalue weighted by molar-refractivity contribution is 0.398. The van der Waals surface area contributed by atoms with Crippen LogP contribution in [-0.2, 0) is 25.0 Å². The van der Waals surface area contributed by atoms with E-state index in [9.17, 15) is 4.79 Å². The number of hydrogen-bond acceptors (Lipinski definition) is 5. The van der Waals surface area contributed by atoms with Gasteiger partial charge in [-0.05, 0) is 63.1 Å². The average molecular weight is 444 g/mol. The van der Waals surface area contributed by atoms with Crippen LogP contribution in [0.25, 0.3) is 16.7 Å². The van der Waals surface area contributed by atoms with Gasteiger partial charge in [0.1, 0.15) is 5.39 Å². The van der Waals surface area contributed by atoms with Crippen LogP contribution in [-0.4, -0.2) is 30.4 Å². The molecule has 1 aromatic carbocycles. The normalized spacial score (nSPS) is 13.8. The summed E-state index contributed by atoms with van der Waals surface area (Å²) in [6, 6.07) is 8.33. The monoisotopic (exact) mass is 443 g/mol. The van der Waals surface area contributed by atoms with Gasteiger partial charge in [-0.15, -0.1) is 6.58 Å². The molecule has 0 radical (unpaired) electrons. The predicted octanol–water partition coefficient (Wildman–Crippen LogP) is 3.71. The van der Waals surface area contributed by atoms with Crippen LogP contribution in [0.2, 0.25) is 0 Å². The first-order valence-electron chi connectivity index (χ1n) is 11.2. The maximum Gasteiger partial charge on any atom is 0.278 e. The fourth-order valence-electron chi connectivity index (χ4n) is 4.25. The van der Waals surface area contributed by atoms with E-state index in [0.29, 0.717) is 23.5 Å². The Bertz CT molecular complexity index is 1400. The SMILES string of the molecule is C=CCn1c(=O)c2cnc(Nc3ccc4c(c3)CCNC4)nc2n1-c1ccn(C(C)(C)C)c1. The van der Waals surface area contributed by atoms with Crippen LogP contribution in [0.15, 0.2) is 60.3 Å². The fourth-order valence-corrected chi connectivity index (χ4v) is 4.25. The van der Waals surface area contributed by atoms with Crippen molar-refractivity contribution in [2.24, 2.45) is 0 Å². The summed E-state index contributed by atoms with van der Waals surface area (Å²) in [5.41, 5.74) is 4.81. The van der Waals surface area contributed by atoms with E-state index < -0.39 is 0 Å². The highest BCUT2D eigenvalue weighted by molar-refractivity contribution is 5.77. The Morgan fingerprint density at radius 3 is 2.85 bits per heavy atom. The van der Waals surface area contributed by atoms with Gasteiger partial charge in [0.2, 0.25) is 5.95 Å². The molecule has 8 heteroatoms. The van der Waals surface area contributed by atoms with Crippen LogP contribution in [0, 0.1) is 0 Å². The molecule has 0 atom stereocenters. The second kappa shape index (κ2) is 8.04. The highest BCUT2D eigenvalue weighted by atomic mass is 16.1. The van der Waals surface area contributed by atoms with E-state index in [1.807, 2.05) is 29.2 Å². The maximum absolute atomic E-state index is 13.1. The molecular formula is C25H29N7O. The molecule has 4 heterocycles. The maximum atomic E-state index is 13.1. The van der Waals surface area contributed by atoms with Crippen molar-refractivity contribution in [3.63, 3.8) is 0 Å². The van der Waals surface area contributed by atoms with Crippen molar-refractivity contribution in [2.75, 3.05) is 11.9 Å². The van der Waals surface area contributed by atoms with Crippen LogP contribution in [0.1, 0.15) is 31.9 Å². The largest absolute Gasteiger partial charge is 0.347 e. The molecule has 3 aromatic heterocycles. The van der Waals surface area contributed by atoms with Crippen molar-refractivity contribution >= 4 is 22.7 Å². The Labute approximate surface area is 192 Å². The van der Waals surface area contributed by atoms with Gasteiger partial charge in [-0.3, -0.25) is 4.79 Å². The molecule has 170 valence electrons. The summed E-state index contributed by atoms with van der Waals surface area (Å²) in [6.07, 6.45) is 8.37. The lowest BCUT2D eigenvalue weighted by Gasteiger charge is -2.21. The van der Waals surface area contributed by atoms with E-state index in [1.54, 1.807) is 17.0 Å². The number of rotatable bonds is 5. The molecule has 8 nitrogen and oxygen atoms in total. The van der Waals surface area contributed by atoms with E-state index in [2.05, 4.69) is 59.7 Å². The molecule has 2 N–H and O–H groups in total. The van der Waals surface area contributed by atoms with Crippen LogP contribution in [0.5, 0.6) is 0 Å². The van der Waals surface area contributed by atoms with Crippen LogP contribution in [0.4, 0.5) is 11.6 Å². The summed E-state index contributed by atoms with van der Waals surface area (Å²) in [6.45, 7) is 12.5. The molecule has 1 aliphatic rings. The van der Waals surface area contributed by atoms with Crippen molar-refractivity contribution in [1.29, 1.82) is 0 Å². The third-order valence-corrected chi connectivity index (χ3v) is 6.02. The zero-order valence-corrected chi connectivity index (χ0v) is 19.3. The number of nitrogens with one attached hydrogen (secondary N) is 2. The van der Waals surface area contributed by atoms with Gasteiger partial charge >= 0.3 is 0 Å². The first-order chi connectivity index (χ1) is 15.8. The van der Waals surface area contributed by atoms with Crippen molar-refractivity contribution < 1.29 is 0 Å². The minimum absolute atomic E-state index is 0.0750. The van der Waals surface area contributed by atoms with Crippen molar-refractivity contribution in [2.45, 2.75) is 45.8 Å². The van der Waals surface area contributed by atoms with Crippen molar-refractivity contribution in [3.05, 3.63) is 77.0 Å². The molecule has 0 bridgehead atoms. The fraction of sp³-hybridized carbons (Fsp3) is 0.320. The molecule has 33 heavy (non-hydrogen) atoms. The topological polar surface area (TPSA) is 81.7 Å². The average Bonchev–Trinajstić information content (AvgIpc) is 3.38. The van der Waals surface area contributed by atoms with Crippen LogP contribution >= 0.6 is 0 Å². The molecule has 0 spiro atoms. The van der Waals surface area contributed by atoms with Gasteiger partial charge in [-0.1, -0.05) is 12.1 Å². The minimum Gasteiger partial charge on any atom is -0.347 e. The molecule has 0 saturated heterocycles. The third kappa shape index (κ3) is 3.87. The zero-order valence-electron chi connectivity index (χ0n) is 19.3. The first-order valence-corrected chi connectivity index (χ1v) is 11.2. The highest BCUT2D eigenvalue weighted by Gasteiger charge is 2.20. The molecular weight excluding hydrogens is 414 g/mol. The summed E-state index contributed by atoms with van der Waals surface area (Å²) in [5, 5.41) is 7.19. The Morgan fingerprint density at radius 1 is 1.24 bits per heavy atom. The quantitative estimate of drug-likeness (QED) is 0.460. The predicted molar refractivity (Wildman–Crippen MR) is 131 cm³/mol. The summed E-state index contributed by atoms with van der Waals surface area (Å²) in [7, 11) is 0. The number of anilines is 2. The van der Waals surface area contributed by atoms with E-state index in [0.717, 1.165) is 30.9 Å². The molecule has 0 unspecified atom stereocenters. The van der Waals surface area contributed by atoms with E-state index in [4.69, 9.17) is 4.98 Å². The molecule has 0 fully saturated rings. The van der Waals surface area contributed by atoms with E-state index in [1.165, 1.54) is 11.1 Å². The summed E-state index contributed by atoms with van der Waals surface area (Å²) in [4.78, 5) is 22.3. The molecule has 0 aliphatic carbocycles. The van der Waals surface area contributed by atoms with Gasteiger partial charge in [0, 0.05) is 36.4 Å². The number of allylic oxidation sites excluding steroid dienone is 1. The second-order valence-electron chi connectivity index (χ2n) is 9.40. The van der Waals surface area contributed by atoms with Gasteiger partial charge in [0.05, 0.1) is 12.2 Å². The molecule has 1 aliphatic heterocycles. The molecule has 0 saturated carbocycles. The van der Waals surface area contributed by atoms with Gasteiger partial charge in [0.15, 0.2) is 5.65 Å². The number of nitrogens with zero attached hydrogens (tertiary/aromatic N) is 5. The molecule has 5 rings (SSSR count). The lowest BCUT2D eigenvalue weighted by Crippen LogP contribution is -2.23. The van der Waals surface area contributed by atoms with Gasteiger partial charge in [-0.2, -0.15) is 4.98 Å². The number of aromatic nitrogens is 5. The Kier molecular flexibility index (Phi) is 5.17. The van der Waals surface area contributed by atoms with Gasteiger partial charge in [0.25, 0.3) is 5.56 Å². The summed E-state index contributed by atoms with van der Waals surface area (Å²) >= 11 is 0. The lowest BCUT2D eigenvalue weighted by atomic mass is 10.0. The third-order valence-electron chi connectivity index (χ3n) is 6.02. The first kappa shape index (κ1) is 21.2. The summed E-state index contributed by atoms with van der Waals surface area (Å²) in [5.74, 6) is 0.455. The van der Waals surface area contributed by atoms with Crippen LogP contribution < -0.4 is 16.2 Å². The van der Waals surface area contributed by atoms with Crippen LogP contribution in [0.3, 0.4) is 0 Å². The van der Waals surface area contributed by atoms with E-state index in [-0.39, 0.29) is 11.1 Å². The number of benzene rings is 1. The van der Waals surface area contributed by atoms with Gasteiger partial charge in [-0.25, -0.2) is 14.3 Å². The standard InChI is InChI=1S/C25H29N7O/c1-5-11-31-23(33)21-15-27-24(28-19-7-6-18-14-26-10-8-17(18)13-19)29-22(21)32(31)20-9-12-30(16-20)25(2,3)4/h5-7,9,12-13,15-16,26H,1,8,10-11,14H2,2-4H3,(H,27,28,29). The highest BCUT2D eigenvalue weighted by Crippen LogP contribution is 2.24. The second-order valence-corrected chi connectivity index (χ2v) is 9.40. The molecule has 4 aromatic rings. The Morgan fingerprint density at radius 2 is 2.09 bits per heavy atom. The van der Waals surface area contributed by atoms with Gasteiger partial charge < -0.3 is 15.2 Å². The summed E-state index contributed by atoms with van der Waals surface area (Å²) < 4.78 is 5.62. The zero-order chi connectivity index (χ0) is 23.2. The Hall–Kier alpha value is -3.65. The number of fused-ring (bicyclic) bond motifs is 2. The van der Waals surface area contributed by atoms with Crippen molar-refractivity contribution in [1.82, 2.24) is 29.2 Å². The minimum atomic E-state index is -0.138. The van der Waals surface area contributed by atoms with E-state index >= 15 is 0 Å². The Balaban J connectivity index is 1.59. The van der Waals surface area contributed by atoms with Crippen molar-refractivity contribution in [3.8, 4) is 5.69 Å². The smallest absolute Gasteiger partial charge is 0.278 e. The number of hydrogen-bond donors (Lipinski definition) is 2. The molecule has 0 amide bonds.